The van der Waals surface area contributed by atoms with Crippen molar-refractivity contribution in [1.82, 2.24) is 14.4 Å². The number of hydrogen-bond acceptors (Lipinski definition) is 4. The van der Waals surface area contributed by atoms with Crippen LogP contribution in [0.1, 0.15) is 47.3 Å². The van der Waals surface area contributed by atoms with E-state index in [9.17, 15) is 14.4 Å². The van der Waals surface area contributed by atoms with E-state index in [2.05, 4.69) is 0 Å². The smallest absolute Gasteiger partial charge is 0.263 e. The van der Waals surface area contributed by atoms with Gasteiger partial charge in [0.05, 0.1) is 6.04 Å². The first-order valence-corrected chi connectivity index (χ1v) is 10.9. The number of benzene rings is 1. The van der Waals surface area contributed by atoms with Crippen LogP contribution in [0.25, 0.3) is 0 Å². The lowest BCUT2D eigenvalue weighted by atomic mass is 9.95. The summed E-state index contributed by atoms with van der Waals surface area (Å²) in [7, 11) is 1.95. The molecule has 0 saturated carbocycles. The van der Waals surface area contributed by atoms with E-state index in [4.69, 9.17) is 5.73 Å². The normalized spacial score (nSPS) is 14.4. The Hall–Kier alpha value is -2.93. The molecule has 1 aliphatic heterocycles. The molecule has 0 saturated heterocycles. The molecule has 2 N–H and O–H groups in total. The number of rotatable bonds is 8. The number of nitrogens with two attached hydrogens (primary N) is 1. The minimum Gasteiger partial charge on any atom is -0.365 e. The predicted octanol–water partition coefficient (Wildman–Crippen LogP) is 1.80. The first-order valence-electron chi connectivity index (χ1n) is 10.9. The fourth-order valence-corrected chi connectivity index (χ4v) is 4.32. The molecule has 7 nitrogen and oxygen atoms in total. The fraction of sp³-hybridized carbons (Fsp3) is 0.458. The van der Waals surface area contributed by atoms with E-state index in [1.165, 1.54) is 0 Å². The Labute approximate surface area is 183 Å². The van der Waals surface area contributed by atoms with Gasteiger partial charge in [0.25, 0.3) is 11.5 Å². The number of pyridine rings is 1. The number of carbonyl (C=O) groups excluding carboxylic acids is 2. The van der Waals surface area contributed by atoms with Crippen molar-refractivity contribution in [2.24, 2.45) is 5.73 Å². The summed E-state index contributed by atoms with van der Waals surface area (Å²) in [4.78, 5) is 42.1. The van der Waals surface area contributed by atoms with Crippen LogP contribution in [0.15, 0.2) is 41.3 Å². The first kappa shape index (κ1) is 22.7. The van der Waals surface area contributed by atoms with Crippen LogP contribution in [0.4, 0.5) is 0 Å². The van der Waals surface area contributed by atoms with Crippen LogP contribution in [0.2, 0.25) is 0 Å². The Morgan fingerprint density at radius 1 is 1.19 bits per heavy atom. The third-order valence-corrected chi connectivity index (χ3v) is 6.21. The second-order valence-electron chi connectivity index (χ2n) is 8.11. The summed E-state index contributed by atoms with van der Waals surface area (Å²) in [5, 5.41) is 0. The van der Waals surface area contributed by atoms with E-state index >= 15 is 0 Å². The predicted molar refractivity (Wildman–Crippen MR) is 121 cm³/mol. The quantitative estimate of drug-likeness (QED) is 0.700. The van der Waals surface area contributed by atoms with E-state index < -0.39 is 5.91 Å². The molecular weight excluding hydrogens is 392 g/mol. The second-order valence-corrected chi connectivity index (χ2v) is 8.11. The third-order valence-electron chi connectivity index (χ3n) is 6.21. The van der Waals surface area contributed by atoms with Gasteiger partial charge in [-0.3, -0.25) is 19.3 Å². The summed E-state index contributed by atoms with van der Waals surface area (Å²) in [5.74, 6) is -0.618. The largest absolute Gasteiger partial charge is 0.365 e. The zero-order valence-corrected chi connectivity index (χ0v) is 18.6. The van der Waals surface area contributed by atoms with E-state index in [1.807, 2.05) is 61.0 Å². The van der Waals surface area contributed by atoms with Crippen molar-refractivity contribution < 1.29 is 9.59 Å². The lowest BCUT2D eigenvalue weighted by Gasteiger charge is -2.35. The molecule has 2 amide bonds. The highest BCUT2D eigenvalue weighted by Gasteiger charge is 2.31. The first-order chi connectivity index (χ1) is 14.9. The minimum absolute atomic E-state index is 0.0652. The highest BCUT2D eigenvalue weighted by Crippen LogP contribution is 2.22. The van der Waals surface area contributed by atoms with Crippen LogP contribution >= 0.6 is 0 Å². The Kier molecular flexibility index (Phi) is 7.28. The summed E-state index contributed by atoms with van der Waals surface area (Å²) >= 11 is 0. The second kappa shape index (κ2) is 9.92. The molecule has 1 atom stereocenters. The van der Waals surface area contributed by atoms with Crippen LogP contribution in [0.5, 0.6) is 0 Å². The van der Waals surface area contributed by atoms with E-state index in [0.29, 0.717) is 38.0 Å². The summed E-state index contributed by atoms with van der Waals surface area (Å²) in [6.45, 7) is 6.15. The van der Waals surface area contributed by atoms with Crippen molar-refractivity contribution in [3.63, 3.8) is 0 Å². The SMILES string of the molecule is CCC(C(=O)N1CCc2c(cn(CCc3ccccc3)c(=O)c2C(N)=O)C1)N(C)CC. The maximum atomic E-state index is 13.1. The standard InChI is InChI=1S/C24H32N4O3/c1-4-20(26(3)5-2)23(30)27-14-12-19-18(15-27)16-28(24(31)21(19)22(25)29)13-11-17-9-7-6-8-10-17/h6-10,16,20H,4-5,11-15H2,1-3H3,(H2,25,29). The van der Waals surface area contributed by atoms with Gasteiger partial charge in [0.1, 0.15) is 5.56 Å². The Morgan fingerprint density at radius 3 is 2.52 bits per heavy atom. The van der Waals surface area contributed by atoms with Gasteiger partial charge in [-0.2, -0.15) is 0 Å². The molecule has 3 rings (SSSR count). The van der Waals surface area contributed by atoms with Gasteiger partial charge in [0, 0.05) is 25.8 Å². The summed E-state index contributed by atoms with van der Waals surface area (Å²) < 4.78 is 1.56. The molecule has 1 aromatic heterocycles. The summed E-state index contributed by atoms with van der Waals surface area (Å²) in [6, 6.07) is 9.71. The number of likely N-dealkylation sites (N-methyl/N-ethyl adjacent to an activating group) is 1. The Morgan fingerprint density at radius 2 is 1.90 bits per heavy atom. The maximum absolute atomic E-state index is 13.1. The lowest BCUT2D eigenvalue weighted by molar-refractivity contribution is -0.137. The molecule has 7 heteroatoms. The van der Waals surface area contributed by atoms with Crippen molar-refractivity contribution in [2.45, 2.75) is 52.2 Å². The summed E-state index contributed by atoms with van der Waals surface area (Å²) in [5.41, 5.74) is 7.94. The molecule has 166 valence electrons. The topological polar surface area (TPSA) is 88.6 Å². The van der Waals surface area contributed by atoms with E-state index in [1.54, 1.807) is 10.8 Å². The van der Waals surface area contributed by atoms with Crippen LogP contribution in [-0.4, -0.2) is 52.4 Å². The third kappa shape index (κ3) is 4.88. The zero-order chi connectivity index (χ0) is 22.5. The van der Waals surface area contributed by atoms with E-state index in [0.717, 1.165) is 24.1 Å². The molecule has 1 unspecified atom stereocenters. The highest BCUT2D eigenvalue weighted by atomic mass is 16.2. The van der Waals surface area contributed by atoms with Gasteiger partial charge in [0.2, 0.25) is 5.91 Å². The van der Waals surface area contributed by atoms with Crippen LogP contribution in [0, 0.1) is 0 Å². The molecular formula is C24H32N4O3. The van der Waals surface area contributed by atoms with Gasteiger partial charge in [-0.15, -0.1) is 0 Å². The molecule has 1 aromatic carbocycles. The minimum atomic E-state index is -0.702. The number of nitrogens with zero attached hydrogens (tertiary/aromatic N) is 3. The van der Waals surface area contributed by atoms with Crippen LogP contribution in [0.3, 0.4) is 0 Å². The molecule has 0 radical (unpaired) electrons. The fourth-order valence-electron chi connectivity index (χ4n) is 4.32. The molecule has 0 aliphatic carbocycles. The molecule has 0 bridgehead atoms. The number of hydrogen-bond donors (Lipinski definition) is 1. The van der Waals surface area contributed by atoms with Gasteiger partial charge < -0.3 is 15.2 Å². The Bertz CT molecular complexity index is 1000. The van der Waals surface area contributed by atoms with Crippen molar-refractivity contribution in [1.29, 1.82) is 0 Å². The van der Waals surface area contributed by atoms with E-state index in [-0.39, 0.29) is 23.1 Å². The Balaban J connectivity index is 1.90. The van der Waals surface area contributed by atoms with Crippen molar-refractivity contribution in [3.05, 3.63) is 69.1 Å². The lowest BCUT2D eigenvalue weighted by Crippen LogP contribution is -2.49. The van der Waals surface area contributed by atoms with Gasteiger partial charge in [0.15, 0.2) is 0 Å². The van der Waals surface area contributed by atoms with Gasteiger partial charge in [-0.1, -0.05) is 44.2 Å². The number of amides is 2. The maximum Gasteiger partial charge on any atom is 0.263 e. The average molecular weight is 425 g/mol. The number of carbonyl (C=O) groups is 2. The van der Waals surface area contributed by atoms with Gasteiger partial charge >= 0.3 is 0 Å². The van der Waals surface area contributed by atoms with Crippen LogP contribution < -0.4 is 11.3 Å². The molecule has 2 heterocycles. The van der Waals surface area contributed by atoms with Gasteiger partial charge in [-0.05, 0) is 49.5 Å². The number of aromatic nitrogens is 1. The molecule has 2 aromatic rings. The van der Waals surface area contributed by atoms with Gasteiger partial charge in [-0.25, -0.2) is 0 Å². The molecule has 0 spiro atoms. The average Bonchev–Trinajstić information content (AvgIpc) is 2.78. The molecule has 1 aliphatic rings. The molecule has 31 heavy (non-hydrogen) atoms. The van der Waals surface area contributed by atoms with Crippen molar-refractivity contribution >= 4 is 11.8 Å². The molecule has 0 fully saturated rings. The van der Waals surface area contributed by atoms with Crippen molar-refractivity contribution in [3.8, 4) is 0 Å². The number of fused-ring (bicyclic) bond motifs is 1. The number of aryl methyl sites for hydroxylation is 2. The zero-order valence-electron chi connectivity index (χ0n) is 18.6. The number of primary amides is 1. The van der Waals surface area contributed by atoms with Crippen molar-refractivity contribution in [2.75, 3.05) is 20.1 Å². The summed E-state index contributed by atoms with van der Waals surface area (Å²) in [6.07, 6.45) is 3.66. The highest BCUT2D eigenvalue weighted by molar-refractivity contribution is 5.94. The van der Waals surface area contributed by atoms with Crippen LogP contribution in [-0.2, 0) is 30.7 Å². The monoisotopic (exact) mass is 424 g/mol.